The van der Waals surface area contributed by atoms with Crippen molar-refractivity contribution in [3.05, 3.63) is 28.8 Å². The SMILES string of the molecule is COc1c(C)cc(C(O)C2CCC2)cc1C. The van der Waals surface area contributed by atoms with Gasteiger partial charge in [0.05, 0.1) is 13.2 Å². The standard InChI is InChI=1S/C14H20O2/c1-9-7-12(8-10(2)14(9)16-3)13(15)11-5-4-6-11/h7-8,11,13,15H,4-6H2,1-3H3. The van der Waals surface area contributed by atoms with Gasteiger partial charge in [-0.3, -0.25) is 0 Å². The molecule has 0 amide bonds. The first kappa shape index (κ1) is 11.5. The van der Waals surface area contributed by atoms with Crippen LogP contribution in [0.25, 0.3) is 0 Å². The molecule has 1 aromatic rings. The fraction of sp³-hybridized carbons (Fsp3) is 0.571. The van der Waals surface area contributed by atoms with Crippen molar-refractivity contribution in [3.63, 3.8) is 0 Å². The molecule has 0 radical (unpaired) electrons. The highest BCUT2D eigenvalue weighted by Crippen LogP contribution is 2.39. The zero-order valence-corrected chi connectivity index (χ0v) is 10.3. The Morgan fingerprint density at radius 2 is 1.81 bits per heavy atom. The lowest BCUT2D eigenvalue weighted by Crippen LogP contribution is -2.20. The molecular weight excluding hydrogens is 200 g/mol. The van der Waals surface area contributed by atoms with Gasteiger partial charge in [-0.05, 0) is 61.4 Å². The van der Waals surface area contributed by atoms with Gasteiger partial charge in [0.15, 0.2) is 0 Å². The average Bonchev–Trinajstić information content (AvgIpc) is 2.14. The molecule has 0 aliphatic heterocycles. The summed E-state index contributed by atoms with van der Waals surface area (Å²) < 4.78 is 5.33. The van der Waals surface area contributed by atoms with Crippen molar-refractivity contribution < 1.29 is 9.84 Å². The summed E-state index contributed by atoms with van der Waals surface area (Å²) in [6.45, 7) is 4.06. The molecule has 1 N–H and O–H groups in total. The number of benzene rings is 1. The monoisotopic (exact) mass is 220 g/mol. The Kier molecular flexibility index (Phi) is 3.20. The van der Waals surface area contributed by atoms with Crippen molar-refractivity contribution in [1.82, 2.24) is 0 Å². The first-order valence-corrected chi connectivity index (χ1v) is 5.96. The lowest BCUT2D eigenvalue weighted by Gasteiger charge is -2.31. The number of ether oxygens (including phenoxy) is 1. The number of aryl methyl sites for hydroxylation is 2. The zero-order chi connectivity index (χ0) is 11.7. The number of methoxy groups -OCH3 is 1. The van der Waals surface area contributed by atoms with E-state index in [9.17, 15) is 5.11 Å². The Morgan fingerprint density at radius 3 is 2.19 bits per heavy atom. The van der Waals surface area contributed by atoms with Crippen LogP contribution >= 0.6 is 0 Å². The molecule has 1 aliphatic carbocycles. The zero-order valence-electron chi connectivity index (χ0n) is 10.3. The Morgan fingerprint density at radius 1 is 1.25 bits per heavy atom. The number of hydrogen-bond donors (Lipinski definition) is 1. The van der Waals surface area contributed by atoms with E-state index in [0.29, 0.717) is 5.92 Å². The van der Waals surface area contributed by atoms with Crippen LogP contribution in [-0.4, -0.2) is 12.2 Å². The van der Waals surface area contributed by atoms with Crippen molar-refractivity contribution in [1.29, 1.82) is 0 Å². The van der Waals surface area contributed by atoms with E-state index in [-0.39, 0.29) is 6.10 Å². The van der Waals surface area contributed by atoms with Crippen molar-refractivity contribution in [2.24, 2.45) is 5.92 Å². The van der Waals surface area contributed by atoms with E-state index in [1.807, 2.05) is 13.8 Å². The van der Waals surface area contributed by atoms with E-state index in [2.05, 4.69) is 12.1 Å². The van der Waals surface area contributed by atoms with Gasteiger partial charge in [-0.1, -0.05) is 6.42 Å². The highest BCUT2D eigenvalue weighted by atomic mass is 16.5. The molecular formula is C14H20O2. The van der Waals surface area contributed by atoms with Gasteiger partial charge in [0.25, 0.3) is 0 Å². The summed E-state index contributed by atoms with van der Waals surface area (Å²) in [6.07, 6.45) is 3.28. The van der Waals surface area contributed by atoms with E-state index in [1.54, 1.807) is 7.11 Å². The van der Waals surface area contributed by atoms with Crippen molar-refractivity contribution in [2.75, 3.05) is 7.11 Å². The number of rotatable bonds is 3. The third kappa shape index (κ3) is 1.94. The van der Waals surface area contributed by atoms with E-state index < -0.39 is 0 Å². The van der Waals surface area contributed by atoms with E-state index >= 15 is 0 Å². The quantitative estimate of drug-likeness (QED) is 0.848. The lowest BCUT2D eigenvalue weighted by molar-refractivity contribution is 0.0620. The molecule has 1 aromatic carbocycles. The summed E-state index contributed by atoms with van der Waals surface area (Å²) in [6, 6.07) is 4.10. The van der Waals surface area contributed by atoms with Crippen LogP contribution in [0.2, 0.25) is 0 Å². The number of hydrogen-bond acceptors (Lipinski definition) is 2. The molecule has 0 spiro atoms. The minimum Gasteiger partial charge on any atom is -0.496 e. The molecule has 0 saturated heterocycles. The lowest BCUT2D eigenvalue weighted by atomic mass is 9.78. The molecule has 16 heavy (non-hydrogen) atoms. The first-order chi connectivity index (χ1) is 7.63. The van der Waals surface area contributed by atoms with Gasteiger partial charge in [-0.25, -0.2) is 0 Å². The summed E-state index contributed by atoms with van der Waals surface area (Å²) in [5, 5.41) is 10.2. The number of aliphatic hydroxyl groups is 1. The van der Waals surface area contributed by atoms with Crippen LogP contribution in [0.1, 0.15) is 42.1 Å². The molecule has 1 fully saturated rings. The van der Waals surface area contributed by atoms with Crippen LogP contribution < -0.4 is 4.74 Å². The first-order valence-electron chi connectivity index (χ1n) is 5.96. The third-order valence-electron chi connectivity index (χ3n) is 3.62. The highest BCUT2D eigenvalue weighted by molar-refractivity contribution is 5.44. The molecule has 1 aliphatic rings. The largest absolute Gasteiger partial charge is 0.496 e. The molecule has 1 unspecified atom stereocenters. The summed E-state index contributed by atoms with van der Waals surface area (Å²) >= 11 is 0. The third-order valence-corrected chi connectivity index (χ3v) is 3.62. The maximum absolute atomic E-state index is 10.2. The van der Waals surface area contributed by atoms with E-state index in [0.717, 1.165) is 35.3 Å². The van der Waals surface area contributed by atoms with Gasteiger partial charge in [0.2, 0.25) is 0 Å². The van der Waals surface area contributed by atoms with E-state index in [1.165, 1.54) is 6.42 Å². The van der Waals surface area contributed by atoms with Crippen molar-refractivity contribution >= 4 is 0 Å². The van der Waals surface area contributed by atoms with Gasteiger partial charge in [0, 0.05) is 0 Å². The second-order valence-electron chi connectivity index (χ2n) is 4.82. The fourth-order valence-corrected chi connectivity index (χ4v) is 2.50. The molecule has 1 saturated carbocycles. The van der Waals surface area contributed by atoms with Gasteiger partial charge < -0.3 is 9.84 Å². The molecule has 0 heterocycles. The van der Waals surface area contributed by atoms with Crippen LogP contribution in [-0.2, 0) is 0 Å². The normalized spacial score (nSPS) is 18.0. The van der Waals surface area contributed by atoms with Gasteiger partial charge in [-0.2, -0.15) is 0 Å². The molecule has 2 nitrogen and oxygen atoms in total. The molecule has 0 aromatic heterocycles. The minimum absolute atomic E-state index is 0.294. The second-order valence-corrected chi connectivity index (χ2v) is 4.82. The molecule has 1 atom stereocenters. The summed E-state index contributed by atoms with van der Waals surface area (Å²) in [5.41, 5.74) is 3.26. The Labute approximate surface area is 97.3 Å². The predicted octanol–water partition coefficient (Wildman–Crippen LogP) is 3.15. The minimum atomic E-state index is -0.294. The Bertz CT molecular complexity index is 357. The number of aliphatic hydroxyl groups excluding tert-OH is 1. The van der Waals surface area contributed by atoms with Gasteiger partial charge >= 0.3 is 0 Å². The van der Waals surface area contributed by atoms with Crippen LogP contribution in [0, 0.1) is 19.8 Å². The second kappa shape index (κ2) is 4.46. The Balaban J connectivity index is 2.28. The Hall–Kier alpha value is -1.02. The van der Waals surface area contributed by atoms with Crippen molar-refractivity contribution in [3.8, 4) is 5.75 Å². The smallest absolute Gasteiger partial charge is 0.124 e. The van der Waals surface area contributed by atoms with Gasteiger partial charge in [0.1, 0.15) is 5.75 Å². The summed E-state index contributed by atoms with van der Waals surface area (Å²) in [5.74, 6) is 1.40. The predicted molar refractivity (Wildman–Crippen MR) is 64.8 cm³/mol. The van der Waals surface area contributed by atoms with E-state index in [4.69, 9.17) is 4.74 Å². The fourth-order valence-electron chi connectivity index (χ4n) is 2.50. The average molecular weight is 220 g/mol. The summed E-state index contributed by atoms with van der Waals surface area (Å²) in [4.78, 5) is 0. The maximum atomic E-state index is 10.2. The summed E-state index contributed by atoms with van der Waals surface area (Å²) in [7, 11) is 1.69. The van der Waals surface area contributed by atoms with Crippen molar-refractivity contribution in [2.45, 2.75) is 39.2 Å². The van der Waals surface area contributed by atoms with Crippen LogP contribution in [0.15, 0.2) is 12.1 Å². The molecule has 2 rings (SSSR count). The topological polar surface area (TPSA) is 29.5 Å². The maximum Gasteiger partial charge on any atom is 0.124 e. The molecule has 2 heteroatoms. The highest BCUT2D eigenvalue weighted by Gasteiger charge is 2.27. The van der Waals surface area contributed by atoms with Crippen LogP contribution in [0.4, 0.5) is 0 Å². The van der Waals surface area contributed by atoms with Crippen LogP contribution in [0.5, 0.6) is 5.75 Å². The molecule has 88 valence electrons. The van der Waals surface area contributed by atoms with Crippen LogP contribution in [0.3, 0.4) is 0 Å². The van der Waals surface area contributed by atoms with Gasteiger partial charge in [-0.15, -0.1) is 0 Å². The molecule has 0 bridgehead atoms.